The molecule has 0 aliphatic heterocycles. The van der Waals surface area contributed by atoms with E-state index in [2.05, 4.69) is 26.8 Å². The lowest BCUT2D eigenvalue weighted by Crippen LogP contribution is -2.48. The standard InChI is InChI=1S/C22H30O2/c1-13-11-20-17(19-8-7-18(14(2)23)22(13,19)4)6-5-15-12-16(24)9-10-21(15,20)3/h11-13,17-19H,5-10H2,1-4H3/t13-,17-,18-,19+,21-,22+/m0/s1. The Bertz CT molecular complexity index is 669. The van der Waals surface area contributed by atoms with Gasteiger partial charge in [-0.15, -0.1) is 0 Å². The molecule has 2 heteroatoms. The second kappa shape index (κ2) is 5.16. The molecule has 0 spiro atoms. The quantitative estimate of drug-likeness (QED) is 0.643. The molecule has 0 bridgehead atoms. The van der Waals surface area contributed by atoms with Gasteiger partial charge in [0.1, 0.15) is 5.78 Å². The van der Waals surface area contributed by atoms with Crippen molar-refractivity contribution < 1.29 is 9.59 Å². The highest BCUT2D eigenvalue weighted by molar-refractivity contribution is 5.92. The SMILES string of the molecule is CC(=O)[C@@H]1CC[C@@H]2[C@@H]3CCC4=CC(=O)CC[C@]4(C)C3=C[C@H](C)[C@@]21C. The van der Waals surface area contributed by atoms with E-state index in [9.17, 15) is 9.59 Å². The molecule has 2 nitrogen and oxygen atoms in total. The molecule has 0 radical (unpaired) electrons. The van der Waals surface area contributed by atoms with Crippen molar-refractivity contribution in [2.75, 3.05) is 0 Å². The van der Waals surface area contributed by atoms with Crippen LogP contribution in [-0.2, 0) is 9.59 Å². The Labute approximate surface area is 145 Å². The van der Waals surface area contributed by atoms with E-state index in [0.29, 0.717) is 35.7 Å². The van der Waals surface area contributed by atoms with Gasteiger partial charge in [0.2, 0.25) is 0 Å². The summed E-state index contributed by atoms with van der Waals surface area (Å²) in [6.07, 6.45) is 10.6. The Morgan fingerprint density at radius 2 is 1.92 bits per heavy atom. The molecule has 4 aliphatic rings. The highest BCUT2D eigenvalue weighted by Crippen LogP contribution is 2.66. The van der Waals surface area contributed by atoms with Crippen molar-refractivity contribution in [3.05, 3.63) is 23.3 Å². The fourth-order valence-corrected chi connectivity index (χ4v) is 6.84. The zero-order chi connectivity index (χ0) is 17.3. The normalized spacial score (nSPS) is 47.2. The smallest absolute Gasteiger partial charge is 0.155 e. The number of carbonyl (C=O) groups excluding carboxylic acids is 2. The van der Waals surface area contributed by atoms with Crippen LogP contribution in [0.1, 0.15) is 66.2 Å². The molecule has 0 aromatic heterocycles. The van der Waals surface area contributed by atoms with E-state index < -0.39 is 0 Å². The Hall–Kier alpha value is -1.18. The van der Waals surface area contributed by atoms with Gasteiger partial charge < -0.3 is 0 Å². The molecule has 4 rings (SSSR count). The number of carbonyl (C=O) groups is 2. The van der Waals surface area contributed by atoms with E-state index in [0.717, 1.165) is 25.7 Å². The molecule has 2 fully saturated rings. The minimum absolute atomic E-state index is 0.0979. The van der Waals surface area contributed by atoms with Crippen molar-refractivity contribution in [3.8, 4) is 0 Å². The van der Waals surface area contributed by atoms with Crippen LogP contribution < -0.4 is 0 Å². The predicted molar refractivity (Wildman–Crippen MR) is 95.4 cm³/mol. The van der Waals surface area contributed by atoms with Gasteiger partial charge in [0, 0.05) is 17.8 Å². The van der Waals surface area contributed by atoms with E-state index >= 15 is 0 Å². The minimum atomic E-state index is 0.0979. The first kappa shape index (κ1) is 16.3. The number of ketones is 2. The summed E-state index contributed by atoms with van der Waals surface area (Å²) in [4.78, 5) is 24.2. The molecule has 0 saturated heterocycles. The van der Waals surface area contributed by atoms with Gasteiger partial charge in [0.15, 0.2) is 5.78 Å². The first-order valence-electron chi connectivity index (χ1n) is 9.75. The van der Waals surface area contributed by atoms with Crippen LogP contribution in [0.5, 0.6) is 0 Å². The second-order valence-corrected chi connectivity index (χ2v) is 9.24. The Kier molecular flexibility index (Phi) is 3.50. The predicted octanol–water partition coefficient (Wildman–Crippen LogP) is 4.89. The van der Waals surface area contributed by atoms with Crippen LogP contribution in [-0.4, -0.2) is 11.6 Å². The number of Topliss-reactive ketones (excluding diaryl/α,β-unsaturated/α-hetero) is 1. The van der Waals surface area contributed by atoms with Crippen molar-refractivity contribution in [1.82, 2.24) is 0 Å². The maximum Gasteiger partial charge on any atom is 0.155 e. The molecule has 6 atom stereocenters. The molecule has 0 N–H and O–H groups in total. The lowest BCUT2D eigenvalue weighted by Gasteiger charge is -2.55. The number of rotatable bonds is 1. The summed E-state index contributed by atoms with van der Waals surface area (Å²) in [6, 6.07) is 0. The van der Waals surface area contributed by atoms with Crippen LogP contribution in [0, 0.1) is 34.5 Å². The van der Waals surface area contributed by atoms with Gasteiger partial charge in [-0.05, 0) is 68.3 Å². The number of fused-ring (bicyclic) bond motifs is 5. The molecular weight excluding hydrogens is 296 g/mol. The van der Waals surface area contributed by atoms with Gasteiger partial charge in [-0.1, -0.05) is 38.0 Å². The number of hydrogen-bond acceptors (Lipinski definition) is 2. The Balaban J connectivity index is 1.80. The molecule has 130 valence electrons. The van der Waals surface area contributed by atoms with Gasteiger partial charge >= 0.3 is 0 Å². The molecular formula is C22H30O2. The van der Waals surface area contributed by atoms with Crippen LogP contribution in [0.25, 0.3) is 0 Å². The Morgan fingerprint density at radius 1 is 1.17 bits per heavy atom. The molecule has 4 aliphatic carbocycles. The number of allylic oxidation sites excluding steroid dienone is 4. The highest BCUT2D eigenvalue weighted by Gasteiger charge is 2.59. The van der Waals surface area contributed by atoms with E-state index in [4.69, 9.17) is 0 Å². The fraction of sp³-hybridized carbons (Fsp3) is 0.727. The summed E-state index contributed by atoms with van der Waals surface area (Å²) >= 11 is 0. The molecule has 0 aromatic carbocycles. The third-order valence-corrected chi connectivity index (χ3v) is 8.38. The largest absolute Gasteiger partial charge is 0.300 e. The summed E-state index contributed by atoms with van der Waals surface area (Å²) in [7, 11) is 0. The summed E-state index contributed by atoms with van der Waals surface area (Å²) in [5, 5.41) is 0. The third kappa shape index (κ3) is 1.95. The summed E-state index contributed by atoms with van der Waals surface area (Å²) in [6.45, 7) is 8.87. The van der Waals surface area contributed by atoms with E-state index in [1.54, 1.807) is 12.5 Å². The van der Waals surface area contributed by atoms with E-state index in [1.165, 1.54) is 12.0 Å². The van der Waals surface area contributed by atoms with Crippen LogP contribution in [0.2, 0.25) is 0 Å². The molecule has 24 heavy (non-hydrogen) atoms. The van der Waals surface area contributed by atoms with Crippen molar-refractivity contribution in [2.24, 2.45) is 34.5 Å². The van der Waals surface area contributed by atoms with Gasteiger partial charge in [-0.25, -0.2) is 0 Å². The van der Waals surface area contributed by atoms with Crippen LogP contribution in [0.4, 0.5) is 0 Å². The molecule has 0 heterocycles. The van der Waals surface area contributed by atoms with E-state index in [-0.39, 0.29) is 16.7 Å². The lowest BCUT2D eigenvalue weighted by atomic mass is 9.49. The zero-order valence-electron chi connectivity index (χ0n) is 15.5. The first-order chi connectivity index (χ1) is 11.3. The lowest BCUT2D eigenvalue weighted by molar-refractivity contribution is -0.126. The van der Waals surface area contributed by atoms with Crippen LogP contribution >= 0.6 is 0 Å². The average Bonchev–Trinajstić information content (AvgIpc) is 2.88. The van der Waals surface area contributed by atoms with Gasteiger partial charge in [-0.3, -0.25) is 9.59 Å². The summed E-state index contributed by atoms with van der Waals surface area (Å²) in [5.41, 5.74) is 3.20. The van der Waals surface area contributed by atoms with E-state index in [1.807, 2.05) is 6.08 Å². The van der Waals surface area contributed by atoms with Crippen molar-refractivity contribution >= 4 is 11.6 Å². The Morgan fingerprint density at radius 3 is 2.62 bits per heavy atom. The highest BCUT2D eigenvalue weighted by atomic mass is 16.1. The molecule has 0 unspecified atom stereocenters. The fourth-order valence-electron chi connectivity index (χ4n) is 6.84. The second-order valence-electron chi connectivity index (χ2n) is 9.24. The van der Waals surface area contributed by atoms with Crippen molar-refractivity contribution in [1.29, 1.82) is 0 Å². The zero-order valence-corrected chi connectivity index (χ0v) is 15.5. The van der Waals surface area contributed by atoms with Gasteiger partial charge in [0.25, 0.3) is 0 Å². The third-order valence-electron chi connectivity index (χ3n) is 8.38. The topological polar surface area (TPSA) is 34.1 Å². The van der Waals surface area contributed by atoms with Crippen LogP contribution in [0.15, 0.2) is 23.3 Å². The molecule has 2 saturated carbocycles. The summed E-state index contributed by atoms with van der Waals surface area (Å²) in [5.74, 6) is 2.62. The average molecular weight is 326 g/mol. The van der Waals surface area contributed by atoms with Crippen molar-refractivity contribution in [3.63, 3.8) is 0 Å². The maximum absolute atomic E-state index is 12.3. The monoisotopic (exact) mass is 326 g/mol. The minimum Gasteiger partial charge on any atom is -0.300 e. The van der Waals surface area contributed by atoms with Gasteiger partial charge in [-0.2, -0.15) is 0 Å². The van der Waals surface area contributed by atoms with Crippen molar-refractivity contribution in [2.45, 2.75) is 66.2 Å². The maximum atomic E-state index is 12.3. The molecule has 0 aromatic rings. The van der Waals surface area contributed by atoms with Crippen LogP contribution in [0.3, 0.4) is 0 Å². The first-order valence-corrected chi connectivity index (χ1v) is 9.75. The number of hydrogen-bond donors (Lipinski definition) is 0. The summed E-state index contributed by atoms with van der Waals surface area (Å²) < 4.78 is 0. The molecule has 0 amide bonds. The van der Waals surface area contributed by atoms with Gasteiger partial charge in [0.05, 0.1) is 0 Å².